The molecule has 94 valence electrons. The molecule has 2 rings (SSSR count). The molecule has 0 aromatic heterocycles. The Morgan fingerprint density at radius 1 is 0.947 bits per heavy atom. The van der Waals surface area contributed by atoms with Crippen LogP contribution in [-0.2, 0) is 4.79 Å². The van der Waals surface area contributed by atoms with Gasteiger partial charge in [0.2, 0.25) is 0 Å². The molecule has 0 atom stereocenters. The van der Waals surface area contributed by atoms with Gasteiger partial charge in [-0.3, -0.25) is 4.79 Å². The van der Waals surface area contributed by atoms with E-state index in [9.17, 15) is 9.59 Å². The molecule has 0 aliphatic rings. The zero-order valence-corrected chi connectivity index (χ0v) is 10.5. The van der Waals surface area contributed by atoms with Crippen LogP contribution in [0.2, 0.25) is 0 Å². The third kappa shape index (κ3) is 3.26. The van der Waals surface area contributed by atoms with E-state index < -0.39 is 0 Å². The lowest BCUT2D eigenvalue weighted by atomic mass is 9.98. The Kier molecular flexibility index (Phi) is 4.40. The Balaban J connectivity index is 2.34. The van der Waals surface area contributed by atoms with Crippen LogP contribution in [0.15, 0.2) is 60.7 Å². The molecule has 0 aliphatic heterocycles. The predicted octanol–water partition coefficient (Wildman–Crippen LogP) is 3.52. The quantitative estimate of drug-likeness (QED) is 0.601. The zero-order chi connectivity index (χ0) is 13.5. The van der Waals surface area contributed by atoms with Crippen LogP contribution in [0, 0.1) is 0 Å². The lowest BCUT2D eigenvalue weighted by molar-refractivity contribution is -0.107. The van der Waals surface area contributed by atoms with Crippen LogP contribution in [0.1, 0.15) is 27.9 Å². The molecule has 0 radical (unpaired) electrons. The van der Waals surface area contributed by atoms with Crippen molar-refractivity contribution in [2.75, 3.05) is 0 Å². The van der Waals surface area contributed by atoms with Crippen molar-refractivity contribution in [2.24, 2.45) is 0 Å². The fourth-order valence-electron chi connectivity index (χ4n) is 1.84. The number of benzene rings is 2. The van der Waals surface area contributed by atoms with Gasteiger partial charge in [0.05, 0.1) is 0 Å². The molecular formula is C17H14O2. The van der Waals surface area contributed by atoms with Crippen LogP contribution in [0.5, 0.6) is 0 Å². The number of aldehydes is 1. The maximum atomic E-state index is 12.4. The van der Waals surface area contributed by atoms with Gasteiger partial charge in [0.15, 0.2) is 5.78 Å². The molecule has 0 heterocycles. The Morgan fingerprint density at radius 3 is 2.37 bits per heavy atom. The van der Waals surface area contributed by atoms with Crippen LogP contribution in [-0.4, -0.2) is 12.1 Å². The lowest BCUT2D eigenvalue weighted by Crippen LogP contribution is -2.03. The molecule has 2 aromatic carbocycles. The number of carbonyl (C=O) groups is 2. The van der Waals surface area contributed by atoms with Crippen LogP contribution in [0.4, 0.5) is 0 Å². The summed E-state index contributed by atoms with van der Waals surface area (Å²) in [5.41, 5.74) is 2.15. The Morgan fingerprint density at radius 2 is 1.63 bits per heavy atom. The Bertz CT molecular complexity index is 598. The summed E-state index contributed by atoms with van der Waals surface area (Å²) >= 11 is 0. The average Bonchev–Trinajstić information content (AvgIpc) is 2.48. The minimum atomic E-state index is -0.00745. The topological polar surface area (TPSA) is 34.1 Å². The maximum Gasteiger partial charge on any atom is 0.193 e. The van der Waals surface area contributed by atoms with Gasteiger partial charge in [-0.25, -0.2) is 0 Å². The van der Waals surface area contributed by atoms with Crippen LogP contribution in [0.3, 0.4) is 0 Å². The van der Waals surface area contributed by atoms with Crippen molar-refractivity contribution < 1.29 is 9.59 Å². The standard InChI is InChI=1S/C17H14O2/c18-13-7-6-9-14-8-4-5-12-16(14)17(19)15-10-2-1-3-11-15/h1-6,8-13H,7H2. The molecule has 0 spiro atoms. The third-order valence-electron chi connectivity index (χ3n) is 2.77. The maximum absolute atomic E-state index is 12.4. The van der Waals surface area contributed by atoms with Crippen LogP contribution >= 0.6 is 0 Å². The molecule has 2 nitrogen and oxygen atoms in total. The van der Waals surface area contributed by atoms with Gasteiger partial charge in [-0.2, -0.15) is 0 Å². The van der Waals surface area contributed by atoms with Gasteiger partial charge in [-0.05, 0) is 5.56 Å². The largest absolute Gasteiger partial charge is 0.303 e. The number of hydrogen-bond donors (Lipinski definition) is 0. The summed E-state index contributed by atoms with van der Waals surface area (Å²) in [6, 6.07) is 16.6. The van der Waals surface area contributed by atoms with Gasteiger partial charge >= 0.3 is 0 Å². The Hall–Kier alpha value is -2.48. The van der Waals surface area contributed by atoms with Gasteiger partial charge < -0.3 is 4.79 Å². The van der Waals surface area contributed by atoms with Crippen molar-refractivity contribution in [1.29, 1.82) is 0 Å². The van der Waals surface area contributed by atoms with Crippen molar-refractivity contribution in [3.63, 3.8) is 0 Å². The van der Waals surface area contributed by atoms with Gasteiger partial charge in [-0.15, -0.1) is 0 Å². The van der Waals surface area contributed by atoms with E-state index in [0.717, 1.165) is 11.8 Å². The Labute approximate surface area is 112 Å². The van der Waals surface area contributed by atoms with Crippen molar-refractivity contribution >= 4 is 18.1 Å². The van der Waals surface area contributed by atoms with Crippen LogP contribution < -0.4 is 0 Å². The molecule has 0 amide bonds. The number of ketones is 1. The van der Waals surface area contributed by atoms with E-state index in [-0.39, 0.29) is 5.78 Å². The van der Waals surface area contributed by atoms with E-state index in [2.05, 4.69) is 0 Å². The molecule has 0 fully saturated rings. The summed E-state index contributed by atoms with van der Waals surface area (Å²) in [6.45, 7) is 0. The second-order valence-corrected chi connectivity index (χ2v) is 4.09. The molecular weight excluding hydrogens is 236 g/mol. The highest BCUT2D eigenvalue weighted by Gasteiger charge is 2.10. The van der Waals surface area contributed by atoms with E-state index >= 15 is 0 Å². The van der Waals surface area contributed by atoms with Crippen molar-refractivity contribution in [1.82, 2.24) is 0 Å². The monoisotopic (exact) mass is 250 g/mol. The number of carbonyl (C=O) groups excluding carboxylic acids is 2. The molecule has 2 heteroatoms. The third-order valence-corrected chi connectivity index (χ3v) is 2.77. The lowest BCUT2D eigenvalue weighted by Gasteiger charge is -2.05. The van der Waals surface area contributed by atoms with Gasteiger partial charge in [0.1, 0.15) is 6.29 Å². The predicted molar refractivity (Wildman–Crippen MR) is 76.0 cm³/mol. The minimum Gasteiger partial charge on any atom is -0.303 e. The summed E-state index contributed by atoms with van der Waals surface area (Å²) in [4.78, 5) is 22.7. The first kappa shape index (κ1) is 13.0. The molecule has 0 aliphatic carbocycles. The minimum absolute atomic E-state index is 0.00745. The van der Waals surface area contributed by atoms with Crippen molar-refractivity contribution in [3.8, 4) is 0 Å². The van der Waals surface area contributed by atoms with Crippen LogP contribution in [0.25, 0.3) is 6.08 Å². The molecule has 0 unspecified atom stereocenters. The SMILES string of the molecule is O=CCC=Cc1ccccc1C(=O)c1ccccc1. The van der Waals surface area contributed by atoms with E-state index in [1.165, 1.54) is 0 Å². The molecule has 2 aromatic rings. The second-order valence-electron chi connectivity index (χ2n) is 4.09. The molecule has 0 saturated heterocycles. The fourth-order valence-corrected chi connectivity index (χ4v) is 1.84. The summed E-state index contributed by atoms with van der Waals surface area (Å²) in [6.07, 6.45) is 4.75. The summed E-state index contributed by atoms with van der Waals surface area (Å²) < 4.78 is 0. The van der Waals surface area contributed by atoms with E-state index in [0.29, 0.717) is 17.5 Å². The van der Waals surface area contributed by atoms with E-state index in [1.807, 2.05) is 42.5 Å². The first-order chi connectivity index (χ1) is 9.33. The summed E-state index contributed by atoms with van der Waals surface area (Å²) in [5, 5.41) is 0. The average molecular weight is 250 g/mol. The van der Waals surface area contributed by atoms with Gasteiger partial charge in [-0.1, -0.05) is 66.7 Å². The summed E-state index contributed by atoms with van der Waals surface area (Å²) in [5.74, 6) is -0.00745. The molecule has 0 saturated carbocycles. The number of rotatable bonds is 5. The number of allylic oxidation sites excluding steroid dienone is 1. The van der Waals surface area contributed by atoms with Crippen molar-refractivity contribution in [3.05, 3.63) is 77.4 Å². The smallest absolute Gasteiger partial charge is 0.193 e. The normalized spacial score (nSPS) is 10.5. The van der Waals surface area contributed by atoms with Gasteiger partial charge in [0, 0.05) is 17.5 Å². The first-order valence-electron chi connectivity index (χ1n) is 6.12. The van der Waals surface area contributed by atoms with Gasteiger partial charge in [0.25, 0.3) is 0 Å². The van der Waals surface area contributed by atoms with E-state index in [1.54, 1.807) is 24.3 Å². The molecule has 0 bridgehead atoms. The highest BCUT2D eigenvalue weighted by molar-refractivity contribution is 6.11. The fraction of sp³-hybridized carbons (Fsp3) is 0.0588. The number of hydrogen-bond acceptors (Lipinski definition) is 2. The highest BCUT2D eigenvalue weighted by Crippen LogP contribution is 2.16. The summed E-state index contributed by atoms with van der Waals surface area (Å²) in [7, 11) is 0. The molecule has 19 heavy (non-hydrogen) atoms. The zero-order valence-electron chi connectivity index (χ0n) is 10.5. The first-order valence-corrected chi connectivity index (χ1v) is 6.12. The molecule has 0 N–H and O–H groups in total. The van der Waals surface area contributed by atoms with E-state index in [4.69, 9.17) is 0 Å². The highest BCUT2D eigenvalue weighted by atomic mass is 16.1. The van der Waals surface area contributed by atoms with Crippen molar-refractivity contribution in [2.45, 2.75) is 6.42 Å². The second kappa shape index (κ2) is 6.45.